The maximum absolute atomic E-state index is 12.9. The van der Waals surface area contributed by atoms with E-state index in [0.717, 1.165) is 37.8 Å². The second-order valence-electron chi connectivity index (χ2n) is 7.30. The zero-order valence-corrected chi connectivity index (χ0v) is 16.3. The molecule has 1 aromatic rings. The number of piperidine rings is 1. The van der Waals surface area contributed by atoms with Crippen LogP contribution < -0.4 is 0 Å². The molecule has 2 saturated heterocycles. The number of halogens is 1. The molecule has 3 rings (SSSR count). The predicted octanol–water partition coefficient (Wildman–Crippen LogP) is 4.38. The van der Waals surface area contributed by atoms with Crippen molar-refractivity contribution in [2.24, 2.45) is 0 Å². The second kappa shape index (κ2) is 9.40. The van der Waals surface area contributed by atoms with Crippen molar-refractivity contribution in [3.63, 3.8) is 0 Å². The lowest BCUT2D eigenvalue weighted by molar-refractivity contribution is -0.129. The van der Waals surface area contributed by atoms with E-state index in [1.165, 1.54) is 12.8 Å². The molecule has 0 N–H and O–H groups in total. The van der Waals surface area contributed by atoms with Crippen LogP contribution in [0, 0.1) is 0 Å². The van der Waals surface area contributed by atoms with Crippen LogP contribution in [-0.4, -0.2) is 47.4 Å². The summed E-state index contributed by atoms with van der Waals surface area (Å²) in [6.07, 6.45) is 10.8. The lowest BCUT2D eigenvalue weighted by Crippen LogP contribution is -2.50. The van der Waals surface area contributed by atoms with Gasteiger partial charge in [0.05, 0.1) is 0 Å². The zero-order valence-electron chi connectivity index (χ0n) is 15.4. The Bertz CT molecular complexity index is 561. The highest BCUT2D eigenvalue weighted by Gasteiger charge is 2.40. The number of nitrogens with zero attached hydrogens (tertiary/aromatic N) is 2. The van der Waals surface area contributed by atoms with Crippen LogP contribution in [0.2, 0.25) is 0 Å². The Morgan fingerprint density at radius 1 is 1.20 bits per heavy atom. The molecule has 0 aromatic heterocycles. The molecule has 2 atom stereocenters. The fourth-order valence-electron chi connectivity index (χ4n) is 4.27. The van der Waals surface area contributed by atoms with Gasteiger partial charge in [-0.1, -0.05) is 43.7 Å². The van der Waals surface area contributed by atoms with E-state index in [0.29, 0.717) is 18.1 Å². The molecule has 4 heteroatoms. The summed E-state index contributed by atoms with van der Waals surface area (Å²) in [5, 5.41) is 0. The van der Waals surface area contributed by atoms with Crippen LogP contribution >= 0.6 is 12.4 Å². The average Bonchev–Trinajstić information content (AvgIpc) is 2.82. The Hall–Kier alpha value is -1.32. The minimum atomic E-state index is 0. The molecule has 138 valence electrons. The second-order valence-corrected chi connectivity index (χ2v) is 7.30. The van der Waals surface area contributed by atoms with E-state index >= 15 is 0 Å². The van der Waals surface area contributed by atoms with Crippen LogP contribution in [-0.2, 0) is 4.79 Å². The third-order valence-corrected chi connectivity index (χ3v) is 5.77. The molecule has 2 heterocycles. The molecule has 25 heavy (non-hydrogen) atoms. The van der Waals surface area contributed by atoms with Gasteiger partial charge in [-0.3, -0.25) is 4.79 Å². The first-order valence-electron chi connectivity index (χ1n) is 9.44. The van der Waals surface area contributed by atoms with Crippen molar-refractivity contribution in [2.75, 3.05) is 13.6 Å². The van der Waals surface area contributed by atoms with Crippen LogP contribution in [0.1, 0.15) is 51.0 Å². The Balaban J connectivity index is 0.00000225. The van der Waals surface area contributed by atoms with Crippen molar-refractivity contribution in [1.29, 1.82) is 0 Å². The van der Waals surface area contributed by atoms with Gasteiger partial charge in [0.15, 0.2) is 0 Å². The molecular weight excluding hydrogens is 332 g/mol. The van der Waals surface area contributed by atoms with Crippen molar-refractivity contribution >= 4 is 24.4 Å². The van der Waals surface area contributed by atoms with Gasteiger partial charge in [0.1, 0.15) is 0 Å². The summed E-state index contributed by atoms with van der Waals surface area (Å²) in [7, 11) is 2.26. The summed E-state index contributed by atoms with van der Waals surface area (Å²) in [5.41, 5.74) is 1.09. The van der Waals surface area contributed by atoms with E-state index in [9.17, 15) is 4.79 Å². The summed E-state index contributed by atoms with van der Waals surface area (Å²) in [6, 6.07) is 11.8. The van der Waals surface area contributed by atoms with E-state index in [1.807, 2.05) is 36.4 Å². The first-order chi connectivity index (χ1) is 11.7. The summed E-state index contributed by atoms with van der Waals surface area (Å²) >= 11 is 0. The molecule has 1 aromatic carbocycles. The van der Waals surface area contributed by atoms with Gasteiger partial charge >= 0.3 is 0 Å². The van der Waals surface area contributed by atoms with Crippen molar-refractivity contribution in [1.82, 2.24) is 9.80 Å². The molecule has 0 saturated carbocycles. The summed E-state index contributed by atoms with van der Waals surface area (Å²) < 4.78 is 0. The number of amides is 1. The van der Waals surface area contributed by atoms with Crippen molar-refractivity contribution in [3.05, 3.63) is 42.0 Å². The Morgan fingerprint density at radius 2 is 1.84 bits per heavy atom. The number of carbonyl (C=O) groups is 1. The number of unbranched alkanes of at least 4 members (excludes halogenated alkanes) is 1. The molecule has 3 nitrogen and oxygen atoms in total. The van der Waals surface area contributed by atoms with Crippen molar-refractivity contribution < 1.29 is 4.79 Å². The highest BCUT2D eigenvalue weighted by molar-refractivity contribution is 5.92. The van der Waals surface area contributed by atoms with Gasteiger partial charge in [0.25, 0.3) is 0 Å². The maximum atomic E-state index is 12.9. The monoisotopic (exact) mass is 362 g/mol. The van der Waals surface area contributed by atoms with E-state index in [4.69, 9.17) is 0 Å². The topological polar surface area (TPSA) is 23.6 Å². The molecule has 2 aliphatic rings. The van der Waals surface area contributed by atoms with Gasteiger partial charge in [-0.25, -0.2) is 0 Å². The quantitative estimate of drug-likeness (QED) is 0.701. The fraction of sp³-hybridized carbons (Fsp3) is 0.571. The van der Waals surface area contributed by atoms with E-state index in [-0.39, 0.29) is 18.3 Å². The SMILES string of the molecule is CCCCN(C(=O)C=Cc1ccccc1)C1CC2CCC(C1)N2C.Cl. The van der Waals surface area contributed by atoms with Crippen LogP contribution in [0.15, 0.2) is 36.4 Å². The van der Waals surface area contributed by atoms with Crippen LogP contribution in [0.3, 0.4) is 0 Å². The van der Waals surface area contributed by atoms with Crippen LogP contribution in [0.5, 0.6) is 0 Å². The Morgan fingerprint density at radius 3 is 2.44 bits per heavy atom. The minimum Gasteiger partial charge on any atom is -0.336 e. The standard InChI is InChI=1S/C21H30N2O.ClH/c1-3-4-14-23(20-15-18-11-12-19(16-20)22(18)2)21(24)13-10-17-8-6-5-7-9-17;/h5-10,13,18-20H,3-4,11-12,14-16H2,1-2H3;1H. The molecular formula is C21H31ClN2O. The number of benzene rings is 1. The molecule has 2 aliphatic heterocycles. The van der Waals surface area contributed by atoms with Gasteiger partial charge < -0.3 is 9.80 Å². The van der Waals surface area contributed by atoms with Gasteiger partial charge in [-0.05, 0) is 50.8 Å². The van der Waals surface area contributed by atoms with Gasteiger partial charge in [0, 0.05) is 30.7 Å². The number of hydrogen-bond acceptors (Lipinski definition) is 2. The zero-order chi connectivity index (χ0) is 16.9. The molecule has 0 radical (unpaired) electrons. The first-order valence-corrected chi connectivity index (χ1v) is 9.44. The Labute approximate surface area is 158 Å². The van der Waals surface area contributed by atoms with Crippen LogP contribution in [0.25, 0.3) is 6.08 Å². The largest absolute Gasteiger partial charge is 0.336 e. The van der Waals surface area contributed by atoms with Gasteiger partial charge in [0.2, 0.25) is 5.91 Å². The first kappa shape index (κ1) is 20.0. The van der Waals surface area contributed by atoms with Crippen molar-refractivity contribution in [2.45, 2.75) is 63.6 Å². The predicted molar refractivity (Wildman–Crippen MR) is 107 cm³/mol. The Kier molecular flexibility index (Phi) is 7.52. The van der Waals surface area contributed by atoms with Crippen molar-refractivity contribution in [3.8, 4) is 0 Å². The molecule has 1 amide bonds. The minimum absolute atomic E-state index is 0. The lowest BCUT2D eigenvalue weighted by atomic mass is 9.96. The summed E-state index contributed by atoms with van der Waals surface area (Å²) in [6.45, 7) is 3.09. The lowest BCUT2D eigenvalue weighted by Gasteiger charge is -2.41. The number of carbonyl (C=O) groups excluding carboxylic acids is 1. The van der Waals surface area contributed by atoms with E-state index in [1.54, 1.807) is 6.08 Å². The van der Waals surface area contributed by atoms with E-state index < -0.39 is 0 Å². The number of hydrogen-bond donors (Lipinski definition) is 0. The molecule has 2 fully saturated rings. The van der Waals surface area contributed by atoms with Gasteiger partial charge in [-0.2, -0.15) is 0 Å². The highest BCUT2D eigenvalue weighted by Crippen LogP contribution is 2.36. The average molecular weight is 363 g/mol. The molecule has 0 spiro atoms. The van der Waals surface area contributed by atoms with E-state index in [2.05, 4.69) is 23.8 Å². The molecule has 0 aliphatic carbocycles. The molecule has 2 unspecified atom stereocenters. The summed E-state index contributed by atoms with van der Waals surface area (Å²) in [4.78, 5) is 17.6. The molecule has 2 bridgehead atoms. The van der Waals surface area contributed by atoms with Gasteiger partial charge in [-0.15, -0.1) is 12.4 Å². The maximum Gasteiger partial charge on any atom is 0.246 e. The normalized spacial score (nSPS) is 25.8. The highest BCUT2D eigenvalue weighted by atomic mass is 35.5. The third-order valence-electron chi connectivity index (χ3n) is 5.77. The third kappa shape index (κ3) is 4.86. The smallest absolute Gasteiger partial charge is 0.246 e. The number of rotatable bonds is 6. The van der Waals surface area contributed by atoms with Crippen LogP contribution in [0.4, 0.5) is 0 Å². The fourth-order valence-corrected chi connectivity index (χ4v) is 4.27. The summed E-state index contributed by atoms with van der Waals surface area (Å²) in [5.74, 6) is 0.182. The number of fused-ring (bicyclic) bond motifs is 2.